The molecule has 1 aromatic carbocycles. The molecule has 0 radical (unpaired) electrons. The average Bonchev–Trinajstić information content (AvgIpc) is 3.12. The Morgan fingerprint density at radius 1 is 1.08 bits per heavy atom. The van der Waals surface area contributed by atoms with Crippen LogP contribution in [-0.4, -0.2) is 34.3 Å². The van der Waals surface area contributed by atoms with Gasteiger partial charge in [-0.1, -0.05) is 23.7 Å². The lowest BCUT2D eigenvalue weighted by Gasteiger charge is -2.23. The first-order valence-electron chi connectivity index (χ1n) is 8.99. The van der Waals surface area contributed by atoms with Crippen LogP contribution >= 0.6 is 11.6 Å². The molecule has 3 heterocycles. The Bertz CT molecular complexity index is 838. The summed E-state index contributed by atoms with van der Waals surface area (Å²) in [5, 5.41) is 15.7. The minimum Gasteiger partial charge on any atom is -0.315 e. The highest BCUT2D eigenvalue weighted by molar-refractivity contribution is 6.30. The predicted octanol–water partition coefficient (Wildman–Crippen LogP) is 3.63. The number of H-pyrrole nitrogens is 1. The number of nitrogens with zero attached hydrogens (tertiary/aromatic N) is 2. The molecule has 5 nitrogen and oxygen atoms in total. The maximum Gasteiger partial charge on any atom is 0.100 e. The van der Waals surface area contributed by atoms with Crippen molar-refractivity contribution in [2.45, 2.75) is 25.4 Å². The third-order valence-corrected chi connectivity index (χ3v) is 5.04. The van der Waals surface area contributed by atoms with E-state index in [1.54, 1.807) is 0 Å². The van der Waals surface area contributed by atoms with Crippen molar-refractivity contribution < 1.29 is 0 Å². The molecule has 0 spiro atoms. The van der Waals surface area contributed by atoms with Crippen molar-refractivity contribution in [3.05, 3.63) is 59.5 Å². The molecule has 6 heteroatoms. The van der Waals surface area contributed by atoms with Crippen molar-refractivity contribution in [2.24, 2.45) is 0 Å². The second-order valence-corrected chi connectivity index (χ2v) is 7.03. The van der Waals surface area contributed by atoms with Crippen molar-refractivity contribution in [2.75, 3.05) is 13.1 Å². The number of aromatic nitrogens is 3. The number of hydrogen-bond acceptors (Lipinski definition) is 4. The van der Waals surface area contributed by atoms with E-state index in [9.17, 15) is 0 Å². The van der Waals surface area contributed by atoms with Gasteiger partial charge >= 0.3 is 0 Å². The summed E-state index contributed by atoms with van der Waals surface area (Å²) in [6, 6.07) is 12.3. The first-order valence-corrected chi connectivity index (χ1v) is 9.37. The van der Waals surface area contributed by atoms with Gasteiger partial charge in [-0.2, -0.15) is 5.10 Å². The molecule has 1 aliphatic rings. The van der Waals surface area contributed by atoms with Gasteiger partial charge < -0.3 is 10.6 Å². The number of hydrogen-bond donors (Lipinski definition) is 3. The number of halogens is 1. The van der Waals surface area contributed by atoms with E-state index < -0.39 is 0 Å². The third-order valence-electron chi connectivity index (χ3n) is 4.79. The number of benzene rings is 1. The van der Waals surface area contributed by atoms with E-state index in [1.165, 1.54) is 12.8 Å². The summed E-state index contributed by atoms with van der Waals surface area (Å²) in [5.74, 6) is 0. The number of pyridine rings is 1. The topological polar surface area (TPSA) is 65.6 Å². The summed E-state index contributed by atoms with van der Waals surface area (Å²) >= 11 is 6.04. The minimum absolute atomic E-state index is 0.497. The van der Waals surface area contributed by atoms with Crippen LogP contribution in [0.4, 0.5) is 0 Å². The molecule has 26 heavy (non-hydrogen) atoms. The molecule has 2 aromatic heterocycles. The second-order valence-electron chi connectivity index (χ2n) is 6.59. The van der Waals surface area contributed by atoms with E-state index in [0.29, 0.717) is 6.04 Å². The fourth-order valence-corrected chi connectivity index (χ4v) is 3.55. The Balaban J connectivity index is 1.66. The number of nitrogens with one attached hydrogen (secondary N) is 3. The van der Waals surface area contributed by atoms with Crippen LogP contribution in [0.25, 0.3) is 22.4 Å². The van der Waals surface area contributed by atoms with Gasteiger partial charge in [-0.15, -0.1) is 0 Å². The summed E-state index contributed by atoms with van der Waals surface area (Å²) in [6.07, 6.45) is 6.05. The van der Waals surface area contributed by atoms with E-state index in [1.807, 2.05) is 48.8 Å². The third kappa shape index (κ3) is 3.80. The smallest absolute Gasteiger partial charge is 0.100 e. The molecule has 1 aliphatic heterocycles. The first-order chi connectivity index (χ1) is 12.8. The van der Waals surface area contributed by atoms with Crippen LogP contribution in [0.1, 0.15) is 18.5 Å². The van der Waals surface area contributed by atoms with E-state index in [0.717, 1.165) is 52.7 Å². The molecule has 3 N–H and O–H groups in total. The van der Waals surface area contributed by atoms with E-state index in [4.69, 9.17) is 11.6 Å². The lowest BCUT2D eigenvalue weighted by Crippen LogP contribution is -2.42. The Kier molecular flexibility index (Phi) is 5.29. The monoisotopic (exact) mass is 367 g/mol. The quantitative estimate of drug-likeness (QED) is 0.644. The largest absolute Gasteiger partial charge is 0.315 e. The molecule has 0 aliphatic carbocycles. The molecular formula is C20H22ClN5. The standard InChI is InChI=1S/C20H22ClN5/c21-16-5-3-15(4-6-16)20-19(14-7-10-22-11-8-14)18(25-26-20)13-24-17-2-1-9-23-12-17/h3-8,10-11,17,23-24H,1-2,9,12-13H2,(H,25,26). The lowest BCUT2D eigenvalue weighted by atomic mass is 9.99. The Morgan fingerprint density at radius 3 is 2.62 bits per heavy atom. The Morgan fingerprint density at radius 2 is 1.88 bits per heavy atom. The van der Waals surface area contributed by atoms with E-state index >= 15 is 0 Å². The summed E-state index contributed by atoms with van der Waals surface area (Å²) in [5.41, 5.74) is 5.30. The molecule has 1 unspecified atom stereocenters. The summed E-state index contributed by atoms with van der Waals surface area (Å²) in [6.45, 7) is 2.89. The van der Waals surface area contributed by atoms with Crippen molar-refractivity contribution in [1.29, 1.82) is 0 Å². The Labute approximate surface area is 158 Å². The van der Waals surface area contributed by atoms with Crippen LogP contribution < -0.4 is 10.6 Å². The molecule has 3 aromatic rings. The van der Waals surface area contributed by atoms with Gasteiger partial charge in [0.25, 0.3) is 0 Å². The molecule has 1 saturated heterocycles. The first kappa shape index (κ1) is 17.2. The van der Waals surface area contributed by atoms with Crippen LogP contribution in [0.15, 0.2) is 48.8 Å². The van der Waals surface area contributed by atoms with Crippen LogP contribution in [0.2, 0.25) is 5.02 Å². The van der Waals surface area contributed by atoms with Gasteiger partial charge in [0, 0.05) is 47.7 Å². The van der Waals surface area contributed by atoms with Crippen LogP contribution in [0, 0.1) is 0 Å². The van der Waals surface area contributed by atoms with Gasteiger partial charge in [-0.3, -0.25) is 10.1 Å². The molecule has 4 rings (SSSR count). The molecule has 1 atom stereocenters. The molecule has 0 bridgehead atoms. The van der Waals surface area contributed by atoms with Crippen LogP contribution in [-0.2, 0) is 6.54 Å². The van der Waals surface area contributed by atoms with Crippen LogP contribution in [0.5, 0.6) is 0 Å². The highest BCUT2D eigenvalue weighted by Gasteiger charge is 2.18. The number of piperidine rings is 1. The van der Waals surface area contributed by atoms with Gasteiger partial charge in [-0.05, 0) is 49.2 Å². The van der Waals surface area contributed by atoms with Gasteiger partial charge in [0.05, 0.1) is 5.69 Å². The van der Waals surface area contributed by atoms with E-state index in [2.05, 4.69) is 25.8 Å². The molecular weight excluding hydrogens is 346 g/mol. The molecule has 0 amide bonds. The fourth-order valence-electron chi connectivity index (χ4n) is 3.42. The Hall–Kier alpha value is -2.21. The van der Waals surface area contributed by atoms with Crippen molar-refractivity contribution >= 4 is 11.6 Å². The normalized spacial score (nSPS) is 17.3. The van der Waals surface area contributed by atoms with Gasteiger partial charge in [0.2, 0.25) is 0 Å². The second kappa shape index (κ2) is 7.99. The van der Waals surface area contributed by atoms with Crippen LogP contribution in [0.3, 0.4) is 0 Å². The van der Waals surface area contributed by atoms with Gasteiger partial charge in [0.1, 0.15) is 5.69 Å². The molecule has 0 saturated carbocycles. The zero-order chi connectivity index (χ0) is 17.8. The maximum absolute atomic E-state index is 6.04. The fraction of sp³-hybridized carbons (Fsp3) is 0.300. The number of aromatic amines is 1. The van der Waals surface area contributed by atoms with E-state index in [-0.39, 0.29) is 0 Å². The summed E-state index contributed by atoms with van der Waals surface area (Å²) in [7, 11) is 0. The molecule has 134 valence electrons. The maximum atomic E-state index is 6.04. The van der Waals surface area contributed by atoms with Crippen molar-refractivity contribution in [3.8, 4) is 22.4 Å². The zero-order valence-electron chi connectivity index (χ0n) is 14.5. The van der Waals surface area contributed by atoms with Crippen molar-refractivity contribution in [1.82, 2.24) is 25.8 Å². The SMILES string of the molecule is Clc1ccc(-c2n[nH]c(CNC3CCCNC3)c2-c2ccncc2)cc1. The minimum atomic E-state index is 0.497. The highest BCUT2D eigenvalue weighted by atomic mass is 35.5. The van der Waals surface area contributed by atoms with Gasteiger partial charge in [0.15, 0.2) is 0 Å². The predicted molar refractivity (Wildman–Crippen MR) is 105 cm³/mol. The average molecular weight is 368 g/mol. The van der Waals surface area contributed by atoms with Crippen molar-refractivity contribution in [3.63, 3.8) is 0 Å². The zero-order valence-corrected chi connectivity index (χ0v) is 15.3. The molecule has 1 fully saturated rings. The van der Waals surface area contributed by atoms with Gasteiger partial charge in [-0.25, -0.2) is 0 Å². The highest BCUT2D eigenvalue weighted by Crippen LogP contribution is 2.33. The number of rotatable bonds is 5. The summed E-state index contributed by atoms with van der Waals surface area (Å²) < 4.78 is 0. The summed E-state index contributed by atoms with van der Waals surface area (Å²) in [4.78, 5) is 4.15. The lowest BCUT2D eigenvalue weighted by molar-refractivity contribution is 0.387.